The molecular formula is C24H30N2O5. The summed E-state index contributed by atoms with van der Waals surface area (Å²) in [5, 5.41) is 5.83. The van der Waals surface area contributed by atoms with Gasteiger partial charge in [0.1, 0.15) is 12.2 Å². The lowest BCUT2D eigenvalue weighted by molar-refractivity contribution is -0.277. The minimum Gasteiger partial charge on any atom is -0.371 e. The van der Waals surface area contributed by atoms with Gasteiger partial charge in [0.25, 0.3) is 5.91 Å². The fourth-order valence-electron chi connectivity index (χ4n) is 3.38. The molecule has 2 N–H and O–H groups in total. The standard InChI is InChI=1S/C24H30N2O5/c1-24(2)30-14-13-29-20(16-25-22(27)15-18-9-5-3-6-10-18)21(31-24)17-26-23(28)19-11-7-4-8-12-19/h3-12,20-21H,13-17H2,1-2H3,(H,25,27)(H,26,28)/t20-,21+/m1/s1. The second-order valence-electron chi connectivity index (χ2n) is 7.86. The van der Waals surface area contributed by atoms with Crippen LogP contribution in [0.1, 0.15) is 29.8 Å². The largest absolute Gasteiger partial charge is 0.371 e. The molecule has 7 heteroatoms. The molecule has 0 aliphatic carbocycles. The Hall–Kier alpha value is -2.74. The number of amides is 2. The van der Waals surface area contributed by atoms with Crippen molar-refractivity contribution in [2.45, 2.75) is 38.3 Å². The Bertz CT molecular complexity index is 842. The zero-order valence-corrected chi connectivity index (χ0v) is 18.0. The van der Waals surface area contributed by atoms with Gasteiger partial charge in [0.05, 0.1) is 19.6 Å². The van der Waals surface area contributed by atoms with Crippen LogP contribution in [-0.4, -0.2) is 56.1 Å². The summed E-state index contributed by atoms with van der Waals surface area (Å²) < 4.78 is 17.7. The molecule has 0 aromatic heterocycles. The minimum atomic E-state index is -0.835. The number of hydrogen-bond donors (Lipinski definition) is 2. The number of benzene rings is 2. The average molecular weight is 427 g/mol. The lowest BCUT2D eigenvalue weighted by Gasteiger charge is -2.37. The molecule has 0 radical (unpaired) electrons. The zero-order chi connectivity index (χ0) is 22.1. The Kier molecular flexibility index (Phi) is 8.17. The molecule has 2 aromatic rings. The average Bonchev–Trinajstić information content (AvgIpc) is 2.76. The lowest BCUT2D eigenvalue weighted by Crippen LogP contribution is -2.52. The van der Waals surface area contributed by atoms with Crippen molar-refractivity contribution >= 4 is 11.8 Å². The highest BCUT2D eigenvalue weighted by molar-refractivity contribution is 5.94. The van der Waals surface area contributed by atoms with Crippen LogP contribution in [0, 0.1) is 0 Å². The van der Waals surface area contributed by atoms with E-state index in [9.17, 15) is 9.59 Å². The third-order valence-electron chi connectivity index (χ3n) is 4.92. The number of ether oxygens (including phenoxy) is 3. The van der Waals surface area contributed by atoms with E-state index in [1.54, 1.807) is 12.1 Å². The van der Waals surface area contributed by atoms with Gasteiger partial charge < -0.3 is 24.8 Å². The molecule has 2 atom stereocenters. The molecule has 31 heavy (non-hydrogen) atoms. The van der Waals surface area contributed by atoms with Crippen LogP contribution in [0.5, 0.6) is 0 Å². The first-order valence-electron chi connectivity index (χ1n) is 10.5. The van der Waals surface area contributed by atoms with Crippen LogP contribution in [0.2, 0.25) is 0 Å². The summed E-state index contributed by atoms with van der Waals surface area (Å²) in [5.41, 5.74) is 1.51. The molecular weight excluding hydrogens is 396 g/mol. The van der Waals surface area contributed by atoms with Crippen molar-refractivity contribution in [3.05, 3.63) is 71.8 Å². The van der Waals surface area contributed by atoms with E-state index in [0.717, 1.165) is 5.56 Å². The third-order valence-corrected chi connectivity index (χ3v) is 4.92. The van der Waals surface area contributed by atoms with E-state index in [2.05, 4.69) is 10.6 Å². The predicted molar refractivity (Wildman–Crippen MR) is 117 cm³/mol. The monoisotopic (exact) mass is 426 g/mol. The highest BCUT2D eigenvalue weighted by atomic mass is 16.7. The summed E-state index contributed by atoms with van der Waals surface area (Å²) in [4.78, 5) is 24.9. The van der Waals surface area contributed by atoms with Gasteiger partial charge in [-0.3, -0.25) is 9.59 Å². The Labute approximate surface area is 183 Å². The van der Waals surface area contributed by atoms with E-state index in [4.69, 9.17) is 14.2 Å². The van der Waals surface area contributed by atoms with Crippen molar-refractivity contribution in [2.75, 3.05) is 26.3 Å². The second-order valence-corrected chi connectivity index (χ2v) is 7.86. The molecule has 1 saturated heterocycles. The molecule has 2 amide bonds. The molecule has 1 aliphatic heterocycles. The zero-order valence-electron chi connectivity index (χ0n) is 18.0. The maximum absolute atomic E-state index is 12.5. The maximum atomic E-state index is 12.5. The van der Waals surface area contributed by atoms with E-state index >= 15 is 0 Å². The normalized spacial score (nSPS) is 20.8. The number of carbonyl (C=O) groups is 2. The van der Waals surface area contributed by atoms with Crippen LogP contribution in [0.25, 0.3) is 0 Å². The fraction of sp³-hybridized carbons (Fsp3) is 0.417. The Balaban J connectivity index is 1.61. The first kappa shape index (κ1) is 22.9. The SMILES string of the molecule is CC1(C)OCCO[C@H](CNC(=O)Cc2ccccc2)[C@H](CNC(=O)c2ccccc2)O1. The molecule has 3 rings (SSSR count). The highest BCUT2D eigenvalue weighted by Gasteiger charge is 2.33. The fourth-order valence-corrected chi connectivity index (χ4v) is 3.38. The van der Waals surface area contributed by atoms with Crippen molar-refractivity contribution < 1.29 is 23.8 Å². The summed E-state index contributed by atoms with van der Waals surface area (Å²) in [6, 6.07) is 18.5. The van der Waals surface area contributed by atoms with Crippen LogP contribution < -0.4 is 10.6 Å². The van der Waals surface area contributed by atoms with Gasteiger partial charge in [0.15, 0.2) is 5.79 Å². The van der Waals surface area contributed by atoms with E-state index in [1.165, 1.54) is 0 Å². The van der Waals surface area contributed by atoms with E-state index in [-0.39, 0.29) is 24.9 Å². The Morgan fingerprint density at radius 2 is 1.55 bits per heavy atom. The van der Waals surface area contributed by atoms with E-state index in [0.29, 0.717) is 25.2 Å². The molecule has 1 heterocycles. The Morgan fingerprint density at radius 3 is 2.26 bits per heavy atom. The molecule has 0 saturated carbocycles. The number of rotatable bonds is 7. The highest BCUT2D eigenvalue weighted by Crippen LogP contribution is 2.20. The summed E-state index contributed by atoms with van der Waals surface area (Å²) in [6.07, 6.45) is -0.641. The number of carbonyl (C=O) groups excluding carboxylic acids is 2. The summed E-state index contributed by atoms with van der Waals surface area (Å²) in [5.74, 6) is -1.13. The lowest BCUT2D eigenvalue weighted by atomic mass is 10.1. The smallest absolute Gasteiger partial charge is 0.251 e. The minimum absolute atomic E-state index is 0.0977. The van der Waals surface area contributed by atoms with E-state index in [1.807, 2.05) is 62.4 Å². The molecule has 7 nitrogen and oxygen atoms in total. The van der Waals surface area contributed by atoms with Crippen molar-refractivity contribution in [2.24, 2.45) is 0 Å². The molecule has 0 bridgehead atoms. The van der Waals surface area contributed by atoms with Gasteiger partial charge in [-0.05, 0) is 31.5 Å². The number of hydrogen-bond acceptors (Lipinski definition) is 5. The van der Waals surface area contributed by atoms with Crippen LogP contribution in [0.3, 0.4) is 0 Å². The second kappa shape index (κ2) is 11.0. The van der Waals surface area contributed by atoms with Gasteiger partial charge in [-0.25, -0.2) is 0 Å². The summed E-state index contributed by atoms with van der Waals surface area (Å²) in [6.45, 7) is 4.90. The van der Waals surface area contributed by atoms with Crippen molar-refractivity contribution in [1.82, 2.24) is 10.6 Å². The van der Waals surface area contributed by atoms with Gasteiger partial charge >= 0.3 is 0 Å². The molecule has 0 unspecified atom stereocenters. The van der Waals surface area contributed by atoms with Crippen LogP contribution in [0.15, 0.2) is 60.7 Å². The van der Waals surface area contributed by atoms with Gasteiger partial charge in [0.2, 0.25) is 5.91 Å². The number of nitrogens with one attached hydrogen (secondary N) is 2. The molecule has 0 spiro atoms. The van der Waals surface area contributed by atoms with Gasteiger partial charge in [-0.15, -0.1) is 0 Å². The molecule has 1 fully saturated rings. The third kappa shape index (κ3) is 7.47. The first-order chi connectivity index (χ1) is 14.9. The molecule has 2 aromatic carbocycles. The van der Waals surface area contributed by atoms with Crippen LogP contribution >= 0.6 is 0 Å². The Morgan fingerprint density at radius 1 is 0.903 bits per heavy atom. The maximum Gasteiger partial charge on any atom is 0.251 e. The van der Waals surface area contributed by atoms with Gasteiger partial charge in [-0.2, -0.15) is 0 Å². The molecule has 166 valence electrons. The summed E-state index contributed by atoms with van der Waals surface area (Å²) >= 11 is 0. The first-order valence-corrected chi connectivity index (χ1v) is 10.5. The van der Waals surface area contributed by atoms with Crippen LogP contribution in [-0.2, 0) is 25.4 Å². The van der Waals surface area contributed by atoms with E-state index < -0.39 is 18.0 Å². The topological polar surface area (TPSA) is 85.9 Å². The van der Waals surface area contributed by atoms with Crippen LogP contribution in [0.4, 0.5) is 0 Å². The van der Waals surface area contributed by atoms with Gasteiger partial charge in [0, 0.05) is 18.7 Å². The van der Waals surface area contributed by atoms with Crippen molar-refractivity contribution in [3.8, 4) is 0 Å². The van der Waals surface area contributed by atoms with Crippen molar-refractivity contribution in [1.29, 1.82) is 0 Å². The van der Waals surface area contributed by atoms with Crippen molar-refractivity contribution in [3.63, 3.8) is 0 Å². The predicted octanol–water partition coefficient (Wildman–Crippen LogP) is 2.31. The van der Waals surface area contributed by atoms with Gasteiger partial charge in [-0.1, -0.05) is 48.5 Å². The molecule has 1 aliphatic rings. The quantitative estimate of drug-likeness (QED) is 0.710. The summed E-state index contributed by atoms with van der Waals surface area (Å²) in [7, 11) is 0.